The predicted octanol–water partition coefficient (Wildman–Crippen LogP) is 8.25. The summed E-state index contributed by atoms with van der Waals surface area (Å²) in [4.78, 5) is 30.6. The molecule has 0 aliphatic heterocycles. The zero-order valence-electron chi connectivity index (χ0n) is 24.6. The highest BCUT2D eigenvalue weighted by molar-refractivity contribution is 6.08. The van der Waals surface area contributed by atoms with Crippen LogP contribution in [0.1, 0.15) is 68.8 Å². The first kappa shape index (κ1) is 30.8. The van der Waals surface area contributed by atoms with Gasteiger partial charge in [-0.15, -0.1) is 0 Å². The summed E-state index contributed by atoms with van der Waals surface area (Å²) in [6, 6.07) is 22.4. The van der Waals surface area contributed by atoms with E-state index < -0.39 is 23.6 Å². The summed E-state index contributed by atoms with van der Waals surface area (Å²) in [7, 11) is 1.34. The minimum Gasteiger partial charge on any atom is -0.465 e. The fraction of sp³-hybridized carbons (Fsp3) is 0.286. The van der Waals surface area contributed by atoms with Crippen molar-refractivity contribution in [2.45, 2.75) is 57.7 Å². The van der Waals surface area contributed by atoms with Crippen molar-refractivity contribution in [1.29, 1.82) is 0 Å². The van der Waals surface area contributed by atoms with Crippen LogP contribution in [-0.4, -0.2) is 30.0 Å². The molecule has 1 aliphatic rings. The first-order chi connectivity index (χ1) is 21.1. The number of carbonyl (C=O) groups excluding carboxylic acids is 2. The van der Waals surface area contributed by atoms with Crippen LogP contribution in [0.25, 0.3) is 11.3 Å². The number of nitrogens with zero attached hydrogens (tertiary/aromatic N) is 1. The summed E-state index contributed by atoms with van der Waals surface area (Å²) in [5.74, 6) is -0.988. The Hall–Kier alpha value is -4.66. The monoisotopic (exact) mass is 601 g/mol. The summed E-state index contributed by atoms with van der Waals surface area (Å²) in [5, 5.41) is 6.18. The number of benzene rings is 3. The molecule has 3 aromatic carbocycles. The Kier molecular flexibility index (Phi) is 9.32. The molecule has 44 heavy (non-hydrogen) atoms. The van der Waals surface area contributed by atoms with Gasteiger partial charge in [-0.3, -0.25) is 9.78 Å². The molecule has 0 spiro atoms. The summed E-state index contributed by atoms with van der Waals surface area (Å²) in [6.45, 7) is 1.38. The van der Waals surface area contributed by atoms with Crippen molar-refractivity contribution in [3.05, 3.63) is 112 Å². The van der Waals surface area contributed by atoms with Crippen molar-refractivity contribution >= 4 is 23.3 Å². The normalized spacial score (nSPS) is 13.5. The van der Waals surface area contributed by atoms with Gasteiger partial charge in [-0.05, 0) is 86.2 Å². The fourth-order valence-corrected chi connectivity index (χ4v) is 5.59. The standard InChI is InChI=1S/C35H34F3N3O3/c1-22-11-15-28(21-31(22)35(36,37)38)41-33(42)30-20-19-27(16-12-23-7-3-6-10-29(23)34(43)44-2)40-32(30)24-13-17-26(18-14-24)39-25-8-4-5-9-25/h3,6-7,10-11,13-15,17-21,25,39H,4-5,8-9,12,16H2,1-2H3,(H,41,42). The van der Waals surface area contributed by atoms with Crippen molar-refractivity contribution in [3.8, 4) is 11.3 Å². The van der Waals surface area contributed by atoms with E-state index in [9.17, 15) is 22.8 Å². The lowest BCUT2D eigenvalue weighted by Crippen LogP contribution is -2.16. The molecule has 1 amide bonds. The molecule has 2 N–H and O–H groups in total. The molecule has 1 aromatic heterocycles. The van der Waals surface area contributed by atoms with E-state index in [1.807, 2.05) is 36.4 Å². The van der Waals surface area contributed by atoms with E-state index in [4.69, 9.17) is 9.72 Å². The zero-order valence-corrected chi connectivity index (χ0v) is 24.6. The van der Waals surface area contributed by atoms with Gasteiger partial charge < -0.3 is 15.4 Å². The van der Waals surface area contributed by atoms with Gasteiger partial charge in [-0.2, -0.15) is 13.2 Å². The summed E-state index contributed by atoms with van der Waals surface area (Å²) >= 11 is 0. The van der Waals surface area contributed by atoms with Crippen LogP contribution in [0.2, 0.25) is 0 Å². The molecule has 1 saturated carbocycles. The van der Waals surface area contributed by atoms with Gasteiger partial charge in [-0.25, -0.2) is 4.79 Å². The number of halogens is 3. The molecular formula is C35H34F3N3O3. The maximum atomic E-state index is 13.5. The van der Waals surface area contributed by atoms with Crippen molar-refractivity contribution in [3.63, 3.8) is 0 Å². The average Bonchev–Trinajstić information content (AvgIpc) is 3.53. The molecule has 0 unspecified atom stereocenters. The first-order valence-electron chi connectivity index (χ1n) is 14.6. The number of hydrogen-bond donors (Lipinski definition) is 2. The molecule has 9 heteroatoms. The zero-order chi connectivity index (χ0) is 31.3. The van der Waals surface area contributed by atoms with E-state index in [1.54, 1.807) is 24.3 Å². The topological polar surface area (TPSA) is 80.3 Å². The van der Waals surface area contributed by atoms with Gasteiger partial charge in [0.25, 0.3) is 5.91 Å². The number of alkyl halides is 3. The van der Waals surface area contributed by atoms with Gasteiger partial charge in [0, 0.05) is 28.7 Å². The minimum atomic E-state index is -4.54. The van der Waals surface area contributed by atoms with Crippen molar-refractivity contribution in [2.75, 3.05) is 17.7 Å². The third-order valence-electron chi connectivity index (χ3n) is 7.96. The van der Waals surface area contributed by atoms with Crippen LogP contribution in [0.15, 0.2) is 78.9 Å². The molecule has 5 rings (SSSR count). The van der Waals surface area contributed by atoms with Crippen molar-refractivity contribution in [1.82, 2.24) is 4.98 Å². The Labute approximate surface area is 254 Å². The Bertz CT molecular complexity index is 1650. The fourth-order valence-electron chi connectivity index (χ4n) is 5.59. The highest BCUT2D eigenvalue weighted by Crippen LogP contribution is 2.34. The molecule has 4 aromatic rings. The smallest absolute Gasteiger partial charge is 0.416 e. The number of ether oxygens (including phenoxy) is 1. The second kappa shape index (κ2) is 13.3. The van der Waals surface area contributed by atoms with Gasteiger partial charge in [0.15, 0.2) is 0 Å². The summed E-state index contributed by atoms with van der Waals surface area (Å²) in [5.41, 5.74) is 3.61. The van der Waals surface area contributed by atoms with Gasteiger partial charge in [-0.1, -0.05) is 49.2 Å². The lowest BCUT2D eigenvalue weighted by atomic mass is 9.99. The van der Waals surface area contributed by atoms with Gasteiger partial charge in [0.1, 0.15) is 0 Å². The number of anilines is 2. The molecule has 0 saturated heterocycles. The number of carbonyl (C=O) groups is 2. The Morgan fingerprint density at radius 2 is 1.59 bits per heavy atom. The molecule has 0 atom stereocenters. The number of amides is 1. The highest BCUT2D eigenvalue weighted by atomic mass is 19.4. The molecule has 6 nitrogen and oxygen atoms in total. The van der Waals surface area contributed by atoms with Crippen LogP contribution in [0.4, 0.5) is 24.5 Å². The largest absolute Gasteiger partial charge is 0.465 e. The van der Waals surface area contributed by atoms with Crippen molar-refractivity contribution < 1.29 is 27.5 Å². The maximum Gasteiger partial charge on any atom is 0.416 e. The first-order valence-corrected chi connectivity index (χ1v) is 14.6. The van der Waals surface area contributed by atoms with Crippen LogP contribution in [0.3, 0.4) is 0 Å². The molecule has 228 valence electrons. The maximum absolute atomic E-state index is 13.5. The number of hydrogen-bond acceptors (Lipinski definition) is 5. The third kappa shape index (κ3) is 7.27. The van der Waals surface area contributed by atoms with Gasteiger partial charge in [0.05, 0.1) is 29.5 Å². The SMILES string of the molecule is COC(=O)c1ccccc1CCc1ccc(C(=O)Nc2ccc(C)c(C(F)(F)F)c2)c(-c2ccc(NC3CCCC3)cc2)n1. The lowest BCUT2D eigenvalue weighted by Gasteiger charge is -2.16. The molecule has 1 fully saturated rings. The number of methoxy groups -OCH3 is 1. The number of aryl methyl sites for hydroxylation is 3. The third-order valence-corrected chi connectivity index (χ3v) is 7.96. The number of pyridine rings is 1. The van der Waals surface area contributed by atoms with Crippen LogP contribution < -0.4 is 10.6 Å². The van der Waals surface area contributed by atoms with Crippen molar-refractivity contribution in [2.24, 2.45) is 0 Å². The number of nitrogens with one attached hydrogen (secondary N) is 2. The predicted molar refractivity (Wildman–Crippen MR) is 165 cm³/mol. The molecular weight excluding hydrogens is 567 g/mol. The van der Waals surface area contributed by atoms with Gasteiger partial charge >= 0.3 is 12.1 Å². The Morgan fingerprint density at radius 3 is 2.30 bits per heavy atom. The second-order valence-corrected chi connectivity index (χ2v) is 11.0. The number of esters is 1. The van der Waals surface area contributed by atoms with E-state index in [-0.39, 0.29) is 16.8 Å². The quantitative estimate of drug-likeness (QED) is 0.189. The van der Waals surface area contributed by atoms with Crippen LogP contribution in [0, 0.1) is 6.92 Å². The summed E-state index contributed by atoms with van der Waals surface area (Å²) in [6.07, 6.45) is 1.13. The number of aromatic nitrogens is 1. The summed E-state index contributed by atoms with van der Waals surface area (Å²) < 4.78 is 45.4. The average molecular weight is 602 g/mol. The minimum absolute atomic E-state index is 0.0403. The Balaban J connectivity index is 1.44. The lowest BCUT2D eigenvalue weighted by molar-refractivity contribution is -0.138. The molecule has 1 heterocycles. The van der Waals surface area contributed by atoms with E-state index in [0.29, 0.717) is 41.4 Å². The van der Waals surface area contributed by atoms with E-state index in [2.05, 4.69) is 10.6 Å². The molecule has 0 radical (unpaired) electrons. The van der Waals surface area contributed by atoms with Crippen LogP contribution >= 0.6 is 0 Å². The molecule has 0 bridgehead atoms. The van der Waals surface area contributed by atoms with Crippen LogP contribution in [-0.2, 0) is 23.8 Å². The Morgan fingerprint density at radius 1 is 0.886 bits per heavy atom. The number of rotatable bonds is 9. The second-order valence-electron chi connectivity index (χ2n) is 11.0. The van der Waals surface area contributed by atoms with Crippen LogP contribution in [0.5, 0.6) is 0 Å². The molecule has 1 aliphatic carbocycles. The van der Waals surface area contributed by atoms with E-state index in [0.717, 1.165) is 30.2 Å². The van der Waals surface area contributed by atoms with E-state index in [1.165, 1.54) is 39.0 Å². The highest BCUT2D eigenvalue weighted by Gasteiger charge is 2.32. The van der Waals surface area contributed by atoms with E-state index >= 15 is 0 Å². The van der Waals surface area contributed by atoms with Gasteiger partial charge in [0.2, 0.25) is 0 Å².